The molecule has 0 aliphatic heterocycles. The number of hydrogen-bond acceptors (Lipinski definition) is 4. The molecule has 0 rings (SSSR count). The van der Waals surface area contributed by atoms with Crippen LogP contribution in [0, 0.1) is 0 Å². The van der Waals surface area contributed by atoms with Gasteiger partial charge in [-0.25, -0.2) is 0 Å². The van der Waals surface area contributed by atoms with Gasteiger partial charge in [-0.05, 0) is 20.1 Å². The van der Waals surface area contributed by atoms with Crippen LogP contribution in [0.5, 0.6) is 0 Å². The SMILES string of the molecule is CCOC(=O)[C@@H](SC)C(C)=O. The monoisotopic (exact) mass is 176 g/mol. The Morgan fingerprint density at radius 3 is 2.36 bits per heavy atom. The zero-order valence-electron chi connectivity index (χ0n) is 6.92. The van der Waals surface area contributed by atoms with Gasteiger partial charge in [0.25, 0.3) is 0 Å². The molecule has 0 N–H and O–H groups in total. The lowest BCUT2D eigenvalue weighted by Gasteiger charge is -2.08. The zero-order valence-corrected chi connectivity index (χ0v) is 7.73. The summed E-state index contributed by atoms with van der Waals surface area (Å²) in [5.41, 5.74) is 0. The molecule has 0 saturated carbocycles. The molecule has 0 radical (unpaired) electrons. The van der Waals surface area contributed by atoms with E-state index in [4.69, 9.17) is 0 Å². The third-order valence-corrected chi connectivity index (χ3v) is 2.10. The lowest BCUT2D eigenvalue weighted by Crippen LogP contribution is -2.26. The normalized spacial score (nSPS) is 12.3. The minimum absolute atomic E-state index is 0.157. The smallest absolute Gasteiger partial charge is 0.326 e. The van der Waals surface area contributed by atoms with Gasteiger partial charge in [0.1, 0.15) is 0 Å². The number of esters is 1. The van der Waals surface area contributed by atoms with Crippen LogP contribution in [-0.4, -0.2) is 29.9 Å². The lowest BCUT2D eigenvalue weighted by atomic mass is 10.3. The quantitative estimate of drug-likeness (QED) is 0.471. The fraction of sp³-hybridized carbons (Fsp3) is 0.714. The molecular weight excluding hydrogens is 164 g/mol. The number of hydrogen-bond donors (Lipinski definition) is 0. The Morgan fingerprint density at radius 1 is 1.55 bits per heavy atom. The number of rotatable bonds is 4. The average Bonchev–Trinajstić information content (AvgIpc) is 1.88. The maximum absolute atomic E-state index is 11.0. The van der Waals surface area contributed by atoms with E-state index >= 15 is 0 Å². The van der Waals surface area contributed by atoms with Gasteiger partial charge < -0.3 is 4.74 Å². The Hall–Kier alpha value is -0.510. The van der Waals surface area contributed by atoms with Crippen LogP contribution in [0.15, 0.2) is 0 Å². The molecule has 1 atom stereocenters. The van der Waals surface area contributed by atoms with Crippen molar-refractivity contribution >= 4 is 23.5 Å². The molecular formula is C7H12O3S. The first-order chi connectivity index (χ1) is 5.13. The third-order valence-electron chi connectivity index (χ3n) is 1.11. The summed E-state index contributed by atoms with van der Waals surface area (Å²) in [6, 6.07) is 0. The molecule has 11 heavy (non-hydrogen) atoms. The van der Waals surface area contributed by atoms with Crippen LogP contribution >= 0.6 is 11.8 Å². The summed E-state index contributed by atoms with van der Waals surface area (Å²) in [5, 5.41) is -0.644. The molecule has 0 spiro atoms. The Bertz CT molecular complexity index is 156. The van der Waals surface area contributed by atoms with Crippen LogP contribution in [0.3, 0.4) is 0 Å². The molecule has 0 aromatic rings. The van der Waals surface area contributed by atoms with Gasteiger partial charge in [0.15, 0.2) is 11.0 Å². The van der Waals surface area contributed by atoms with Gasteiger partial charge in [-0.1, -0.05) is 0 Å². The van der Waals surface area contributed by atoms with Crippen molar-refractivity contribution in [2.75, 3.05) is 12.9 Å². The number of carbonyl (C=O) groups excluding carboxylic acids is 2. The predicted octanol–water partition coefficient (Wildman–Crippen LogP) is 0.870. The van der Waals surface area contributed by atoms with Gasteiger partial charge in [-0.3, -0.25) is 9.59 Å². The molecule has 0 aromatic carbocycles. The van der Waals surface area contributed by atoms with Crippen LogP contribution in [0.25, 0.3) is 0 Å². The highest BCUT2D eigenvalue weighted by Gasteiger charge is 2.22. The van der Waals surface area contributed by atoms with Gasteiger partial charge in [0.2, 0.25) is 0 Å². The van der Waals surface area contributed by atoms with Crippen molar-refractivity contribution in [2.24, 2.45) is 0 Å². The molecule has 0 aliphatic rings. The zero-order chi connectivity index (χ0) is 8.85. The third kappa shape index (κ3) is 3.41. The molecule has 3 nitrogen and oxygen atoms in total. The summed E-state index contributed by atoms with van der Waals surface area (Å²) in [5.74, 6) is -0.594. The van der Waals surface area contributed by atoms with Crippen LogP contribution < -0.4 is 0 Å². The molecule has 0 heterocycles. The van der Waals surface area contributed by atoms with E-state index in [1.165, 1.54) is 18.7 Å². The molecule has 4 heteroatoms. The van der Waals surface area contributed by atoms with Gasteiger partial charge >= 0.3 is 5.97 Å². The Labute approximate surface area is 70.5 Å². The van der Waals surface area contributed by atoms with Crippen molar-refractivity contribution in [1.29, 1.82) is 0 Å². The highest BCUT2D eigenvalue weighted by Crippen LogP contribution is 2.09. The minimum Gasteiger partial charge on any atom is -0.465 e. The summed E-state index contributed by atoms with van der Waals surface area (Å²) >= 11 is 1.20. The second-order valence-corrected chi connectivity index (χ2v) is 2.92. The molecule has 0 aromatic heterocycles. The Morgan fingerprint density at radius 2 is 2.09 bits per heavy atom. The summed E-state index contributed by atoms with van der Waals surface area (Å²) < 4.78 is 4.68. The first kappa shape index (κ1) is 10.5. The highest BCUT2D eigenvalue weighted by molar-refractivity contribution is 8.00. The van der Waals surface area contributed by atoms with E-state index in [-0.39, 0.29) is 5.78 Å². The van der Waals surface area contributed by atoms with E-state index < -0.39 is 11.2 Å². The minimum atomic E-state index is -0.644. The molecule has 0 aliphatic carbocycles. The molecule has 0 amide bonds. The molecule has 0 fully saturated rings. The van der Waals surface area contributed by atoms with Crippen LogP contribution in [0.1, 0.15) is 13.8 Å². The maximum Gasteiger partial charge on any atom is 0.326 e. The van der Waals surface area contributed by atoms with Crippen LogP contribution in [0.2, 0.25) is 0 Å². The van der Waals surface area contributed by atoms with E-state index in [1.54, 1.807) is 13.2 Å². The van der Waals surface area contributed by atoms with Crippen LogP contribution in [0.4, 0.5) is 0 Å². The molecule has 64 valence electrons. The Kier molecular flexibility index (Phi) is 4.94. The molecule has 0 unspecified atom stereocenters. The fourth-order valence-corrected chi connectivity index (χ4v) is 1.24. The van der Waals surface area contributed by atoms with Crippen LogP contribution in [-0.2, 0) is 14.3 Å². The summed E-state index contributed by atoms with van der Waals surface area (Å²) in [4.78, 5) is 21.7. The van der Waals surface area contributed by atoms with Crippen molar-refractivity contribution in [3.05, 3.63) is 0 Å². The van der Waals surface area contributed by atoms with Gasteiger partial charge in [-0.15, -0.1) is 11.8 Å². The van der Waals surface area contributed by atoms with Gasteiger partial charge in [0.05, 0.1) is 6.61 Å². The van der Waals surface area contributed by atoms with Crippen molar-refractivity contribution in [3.63, 3.8) is 0 Å². The number of Topliss-reactive ketones (excluding diaryl/α,β-unsaturated/α-hetero) is 1. The second-order valence-electron chi connectivity index (χ2n) is 1.98. The van der Waals surface area contributed by atoms with E-state index in [2.05, 4.69) is 4.74 Å². The number of ketones is 1. The molecule has 0 saturated heterocycles. The number of thioether (sulfide) groups is 1. The fourth-order valence-electron chi connectivity index (χ4n) is 0.646. The van der Waals surface area contributed by atoms with E-state index in [0.29, 0.717) is 6.61 Å². The molecule has 0 bridgehead atoms. The maximum atomic E-state index is 11.0. The van der Waals surface area contributed by atoms with Crippen molar-refractivity contribution in [1.82, 2.24) is 0 Å². The number of ether oxygens (including phenoxy) is 1. The van der Waals surface area contributed by atoms with Gasteiger partial charge in [0, 0.05) is 0 Å². The van der Waals surface area contributed by atoms with Crippen molar-refractivity contribution < 1.29 is 14.3 Å². The first-order valence-electron chi connectivity index (χ1n) is 3.33. The predicted molar refractivity (Wildman–Crippen MR) is 44.6 cm³/mol. The lowest BCUT2D eigenvalue weighted by molar-refractivity contribution is -0.144. The summed E-state index contributed by atoms with van der Waals surface area (Å²) in [6.07, 6.45) is 1.71. The number of carbonyl (C=O) groups is 2. The Balaban J connectivity index is 4.03. The van der Waals surface area contributed by atoms with E-state index in [0.717, 1.165) is 0 Å². The average molecular weight is 176 g/mol. The van der Waals surface area contributed by atoms with Crippen molar-refractivity contribution in [2.45, 2.75) is 19.1 Å². The first-order valence-corrected chi connectivity index (χ1v) is 4.62. The van der Waals surface area contributed by atoms with E-state index in [9.17, 15) is 9.59 Å². The summed E-state index contributed by atoms with van der Waals surface area (Å²) in [6.45, 7) is 3.43. The summed E-state index contributed by atoms with van der Waals surface area (Å²) in [7, 11) is 0. The van der Waals surface area contributed by atoms with Crippen molar-refractivity contribution in [3.8, 4) is 0 Å². The van der Waals surface area contributed by atoms with E-state index in [1.807, 2.05) is 0 Å². The van der Waals surface area contributed by atoms with Gasteiger partial charge in [-0.2, -0.15) is 0 Å². The standard InChI is InChI=1S/C7H12O3S/c1-4-10-7(9)6(11-3)5(2)8/h6H,4H2,1-3H3/t6-/m0/s1. The highest BCUT2D eigenvalue weighted by atomic mass is 32.2. The second kappa shape index (κ2) is 5.18. The largest absolute Gasteiger partial charge is 0.465 e. The topological polar surface area (TPSA) is 43.4 Å².